The molecule has 0 aromatic carbocycles. The maximum absolute atomic E-state index is 10.8. The van der Waals surface area contributed by atoms with E-state index < -0.39 is 5.91 Å². The van der Waals surface area contributed by atoms with Gasteiger partial charge in [-0.1, -0.05) is 0 Å². The summed E-state index contributed by atoms with van der Waals surface area (Å²) in [6.07, 6.45) is 2.59. The first-order valence-corrected chi connectivity index (χ1v) is 4.12. The summed E-state index contributed by atoms with van der Waals surface area (Å²) in [7, 11) is 0. The SMILES string of the molecule is NC(=O)c1ncc2c(n1)CNCC2. The van der Waals surface area contributed by atoms with Crippen LogP contribution in [-0.4, -0.2) is 22.4 Å². The smallest absolute Gasteiger partial charge is 0.286 e. The van der Waals surface area contributed by atoms with Crippen molar-refractivity contribution in [2.45, 2.75) is 13.0 Å². The fraction of sp³-hybridized carbons (Fsp3) is 0.375. The molecule has 3 N–H and O–H groups in total. The monoisotopic (exact) mass is 178 g/mol. The van der Waals surface area contributed by atoms with Crippen molar-refractivity contribution in [3.05, 3.63) is 23.3 Å². The number of nitrogens with zero attached hydrogens (tertiary/aromatic N) is 2. The van der Waals surface area contributed by atoms with Crippen molar-refractivity contribution in [1.29, 1.82) is 0 Å². The van der Waals surface area contributed by atoms with Crippen molar-refractivity contribution in [1.82, 2.24) is 15.3 Å². The third-order valence-electron chi connectivity index (χ3n) is 2.04. The van der Waals surface area contributed by atoms with Crippen LogP contribution in [0.5, 0.6) is 0 Å². The highest BCUT2D eigenvalue weighted by atomic mass is 16.1. The predicted molar refractivity (Wildman–Crippen MR) is 46.0 cm³/mol. The van der Waals surface area contributed by atoms with Gasteiger partial charge in [0, 0.05) is 12.7 Å². The van der Waals surface area contributed by atoms with E-state index in [1.54, 1.807) is 6.20 Å². The summed E-state index contributed by atoms with van der Waals surface area (Å²) in [6.45, 7) is 1.63. The molecule has 1 amide bonds. The van der Waals surface area contributed by atoms with Gasteiger partial charge in [-0.25, -0.2) is 9.97 Å². The van der Waals surface area contributed by atoms with Crippen molar-refractivity contribution < 1.29 is 4.79 Å². The lowest BCUT2D eigenvalue weighted by atomic mass is 10.1. The Morgan fingerprint density at radius 2 is 2.46 bits per heavy atom. The Balaban J connectivity index is 2.40. The Kier molecular flexibility index (Phi) is 1.94. The highest BCUT2D eigenvalue weighted by molar-refractivity contribution is 5.88. The number of nitrogens with two attached hydrogens (primary N) is 1. The third-order valence-corrected chi connectivity index (χ3v) is 2.04. The maximum atomic E-state index is 10.8. The zero-order valence-corrected chi connectivity index (χ0v) is 7.08. The summed E-state index contributed by atoms with van der Waals surface area (Å²) in [4.78, 5) is 18.7. The third kappa shape index (κ3) is 1.50. The molecular weight excluding hydrogens is 168 g/mol. The zero-order valence-electron chi connectivity index (χ0n) is 7.08. The van der Waals surface area contributed by atoms with Gasteiger partial charge in [0.1, 0.15) is 0 Å². The second-order valence-corrected chi connectivity index (χ2v) is 2.96. The van der Waals surface area contributed by atoms with Gasteiger partial charge < -0.3 is 11.1 Å². The molecule has 0 bridgehead atoms. The van der Waals surface area contributed by atoms with Gasteiger partial charge >= 0.3 is 0 Å². The molecule has 0 saturated carbocycles. The van der Waals surface area contributed by atoms with Gasteiger partial charge in [-0.3, -0.25) is 4.79 Å². The summed E-state index contributed by atoms with van der Waals surface area (Å²) in [5.74, 6) is -0.476. The summed E-state index contributed by atoms with van der Waals surface area (Å²) in [6, 6.07) is 0. The molecule has 5 nitrogen and oxygen atoms in total. The molecule has 2 rings (SSSR count). The number of aromatic nitrogens is 2. The van der Waals surface area contributed by atoms with Crippen LogP contribution in [0.3, 0.4) is 0 Å². The highest BCUT2D eigenvalue weighted by Gasteiger charge is 2.13. The largest absolute Gasteiger partial charge is 0.363 e. The van der Waals surface area contributed by atoms with Crippen LogP contribution in [0.25, 0.3) is 0 Å². The fourth-order valence-corrected chi connectivity index (χ4v) is 1.35. The van der Waals surface area contributed by atoms with Crippen molar-refractivity contribution >= 4 is 5.91 Å². The Morgan fingerprint density at radius 1 is 1.62 bits per heavy atom. The number of amides is 1. The van der Waals surface area contributed by atoms with Crippen LogP contribution in [0.2, 0.25) is 0 Å². The second-order valence-electron chi connectivity index (χ2n) is 2.96. The first-order valence-electron chi connectivity index (χ1n) is 4.12. The number of hydrogen-bond donors (Lipinski definition) is 2. The van der Waals surface area contributed by atoms with Gasteiger partial charge in [0.05, 0.1) is 5.69 Å². The first-order chi connectivity index (χ1) is 6.27. The molecule has 68 valence electrons. The van der Waals surface area contributed by atoms with Gasteiger partial charge in [0.15, 0.2) is 0 Å². The quantitative estimate of drug-likeness (QED) is 0.591. The standard InChI is InChI=1S/C8H10N4O/c9-7(13)8-11-3-5-1-2-10-4-6(5)12-8/h3,10H,1-2,4H2,(H2,9,13). The number of carbonyl (C=O) groups is 1. The number of primary amides is 1. The average Bonchev–Trinajstić information content (AvgIpc) is 2.17. The molecule has 5 heteroatoms. The van der Waals surface area contributed by atoms with Crippen LogP contribution in [0, 0.1) is 0 Å². The molecule has 0 aliphatic carbocycles. The van der Waals surface area contributed by atoms with Crippen LogP contribution < -0.4 is 11.1 Å². The minimum atomic E-state index is -0.576. The van der Waals surface area contributed by atoms with Crippen molar-refractivity contribution in [2.24, 2.45) is 5.73 Å². The lowest BCUT2D eigenvalue weighted by molar-refractivity contribution is 0.0990. The molecule has 1 aromatic heterocycles. The van der Waals surface area contributed by atoms with Crippen LogP contribution >= 0.6 is 0 Å². The normalized spacial score (nSPS) is 15.1. The van der Waals surface area contributed by atoms with E-state index in [0.717, 1.165) is 24.2 Å². The molecule has 2 heterocycles. The van der Waals surface area contributed by atoms with Gasteiger partial charge in [0.25, 0.3) is 5.91 Å². The van der Waals surface area contributed by atoms with E-state index in [0.29, 0.717) is 6.54 Å². The highest BCUT2D eigenvalue weighted by Crippen LogP contribution is 2.09. The summed E-state index contributed by atoms with van der Waals surface area (Å²) >= 11 is 0. The van der Waals surface area contributed by atoms with Crippen molar-refractivity contribution in [3.8, 4) is 0 Å². The van der Waals surface area contributed by atoms with E-state index in [1.165, 1.54) is 0 Å². The van der Waals surface area contributed by atoms with E-state index in [1.807, 2.05) is 0 Å². The summed E-state index contributed by atoms with van der Waals surface area (Å²) < 4.78 is 0. The Hall–Kier alpha value is -1.49. The number of rotatable bonds is 1. The molecule has 0 fully saturated rings. The second kappa shape index (κ2) is 3.10. The lowest BCUT2D eigenvalue weighted by Crippen LogP contribution is -2.27. The minimum absolute atomic E-state index is 0.0995. The van der Waals surface area contributed by atoms with E-state index in [9.17, 15) is 4.79 Å². The van der Waals surface area contributed by atoms with E-state index in [4.69, 9.17) is 5.73 Å². The van der Waals surface area contributed by atoms with Gasteiger partial charge in [0.2, 0.25) is 5.82 Å². The minimum Gasteiger partial charge on any atom is -0.363 e. The molecule has 1 aromatic rings. The van der Waals surface area contributed by atoms with Crippen LogP contribution in [0.15, 0.2) is 6.20 Å². The molecule has 0 atom stereocenters. The number of fused-ring (bicyclic) bond motifs is 1. The Labute approximate surface area is 75.4 Å². The molecule has 0 saturated heterocycles. The molecule has 0 unspecified atom stereocenters. The van der Waals surface area contributed by atoms with Crippen LogP contribution in [0.4, 0.5) is 0 Å². The fourth-order valence-electron chi connectivity index (χ4n) is 1.35. The molecule has 1 aliphatic rings. The first kappa shape index (κ1) is 8.12. The topological polar surface area (TPSA) is 80.9 Å². The van der Waals surface area contributed by atoms with Crippen molar-refractivity contribution in [2.75, 3.05) is 6.54 Å². The molecule has 0 radical (unpaired) electrons. The Bertz CT molecular complexity index is 350. The van der Waals surface area contributed by atoms with Gasteiger partial charge in [-0.05, 0) is 18.5 Å². The number of hydrogen-bond acceptors (Lipinski definition) is 4. The Morgan fingerprint density at radius 3 is 3.23 bits per heavy atom. The maximum Gasteiger partial charge on any atom is 0.286 e. The summed E-state index contributed by atoms with van der Waals surface area (Å²) in [5.41, 5.74) is 7.05. The van der Waals surface area contributed by atoms with E-state index in [-0.39, 0.29) is 5.82 Å². The van der Waals surface area contributed by atoms with Crippen LogP contribution in [-0.2, 0) is 13.0 Å². The molecule has 0 spiro atoms. The lowest BCUT2D eigenvalue weighted by Gasteiger charge is -2.15. The zero-order chi connectivity index (χ0) is 9.26. The van der Waals surface area contributed by atoms with Crippen molar-refractivity contribution in [3.63, 3.8) is 0 Å². The molecule has 1 aliphatic heterocycles. The number of carbonyl (C=O) groups excluding carboxylic acids is 1. The van der Waals surface area contributed by atoms with Crippen LogP contribution in [0.1, 0.15) is 21.9 Å². The number of nitrogens with one attached hydrogen (secondary N) is 1. The molecular formula is C8H10N4O. The average molecular weight is 178 g/mol. The van der Waals surface area contributed by atoms with E-state index >= 15 is 0 Å². The van der Waals surface area contributed by atoms with Gasteiger partial charge in [-0.15, -0.1) is 0 Å². The van der Waals surface area contributed by atoms with Gasteiger partial charge in [-0.2, -0.15) is 0 Å². The summed E-state index contributed by atoms with van der Waals surface area (Å²) in [5, 5.41) is 3.16. The predicted octanol–water partition coefficient (Wildman–Crippen LogP) is -0.779. The van der Waals surface area contributed by atoms with E-state index in [2.05, 4.69) is 15.3 Å². The molecule has 13 heavy (non-hydrogen) atoms.